The fourth-order valence-electron chi connectivity index (χ4n) is 3.74. The first-order valence-corrected chi connectivity index (χ1v) is 12.8. The highest BCUT2D eigenvalue weighted by Crippen LogP contribution is 2.23. The van der Waals surface area contributed by atoms with Gasteiger partial charge in [-0.1, -0.05) is 30.3 Å². The third-order valence-corrected chi connectivity index (χ3v) is 6.43. The smallest absolute Gasteiger partial charge is 0.408 e. The Hall–Kier alpha value is -2.42. The van der Waals surface area contributed by atoms with Crippen LogP contribution in [0, 0.1) is 0 Å². The molecule has 5 N–H and O–H groups in total. The van der Waals surface area contributed by atoms with Crippen LogP contribution in [0.15, 0.2) is 35.3 Å². The molecule has 0 unspecified atom stereocenters. The Labute approximate surface area is 201 Å². The molecule has 0 aromatic heterocycles. The SMILES string of the molecule is CC(C)(C)OC(=O)N[C@@H](Cc1ccccc1)C(=O)N1CCC[C@H]1CSCCCCN=C(N)N. The number of benzene rings is 1. The Morgan fingerprint density at radius 2 is 1.97 bits per heavy atom. The average molecular weight is 478 g/mol. The van der Waals surface area contributed by atoms with E-state index in [0.717, 1.165) is 49.3 Å². The van der Waals surface area contributed by atoms with E-state index in [2.05, 4.69) is 10.3 Å². The molecular weight excluding hydrogens is 438 g/mol. The van der Waals surface area contributed by atoms with Crippen molar-refractivity contribution in [3.05, 3.63) is 35.9 Å². The van der Waals surface area contributed by atoms with Gasteiger partial charge in [0.2, 0.25) is 5.91 Å². The first-order chi connectivity index (χ1) is 15.7. The molecule has 0 spiro atoms. The fourth-order valence-corrected chi connectivity index (χ4v) is 4.94. The van der Waals surface area contributed by atoms with Gasteiger partial charge in [0, 0.05) is 31.3 Å². The number of alkyl carbamates (subject to hydrolysis) is 1. The third-order valence-electron chi connectivity index (χ3n) is 5.23. The molecule has 2 rings (SSSR count). The highest BCUT2D eigenvalue weighted by molar-refractivity contribution is 7.99. The van der Waals surface area contributed by atoms with Crippen molar-refractivity contribution in [1.29, 1.82) is 0 Å². The molecule has 184 valence electrons. The highest BCUT2D eigenvalue weighted by atomic mass is 32.2. The number of likely N-dealkylation sites (tertiary alicyclic amines) is 1. The van der Waals surface area contributed by atoms with Crippen molar-refractivity contribution in [1.82, 2.24) is 10.2 Å². The van der Waals surface area contributed by atoms with Gasteiger partial charge in [0.15, 0.2) is 5.96 Å². The lowest BCUT2D eigenvalue weighted by Gasteiger charge is -2.30. The topological polar surface area (TPSA) is 123 Å². The molecule has 1 aliphatic heterocycles. The molecule has 8 nitrogen and oxygen atoms in total. The summed E-state index contributed by atoms with van der Waals surface area (Å²) in [7, 11) is 0. The Bertz CT molecular complexity index is 778. The van der Waals surface area contributed by atoms with Crippen LogP contribution in [0.2, 0.25) is 0 Å². The molecule has 1 saturated heterocycles. The van der Waals surface area contributed by atoms with E-state index in [4.69, 9.17) is 16.2 Å². The minimum Gasteiger partial charge on any atom is -0.444 e. The monoisotopic (exact) mass is 477 g/mol. The second-order valence-corrected chi connectivity index (χ2v) is 10.5. The summed E-state index contributed by atoms with van der Waals surface area (Å²) < 4.78 is 5.42. The number of nitrogens with two attached hydrogens (primary N) is 2. The predicted octanol–water partition coefficient (Wildman–Crippen LogP) is 2.90. The van der Waals surface area contributed by atoms with Gasteiger partial charge in [0.1, 0.15) is 11.6 Å². The van der Waals surface area contributed by atoms with Crippen molar-refractivity contribution in [2.45, 2.75) is 70.6 Å². The molecule has 2 atom stereocenters. The van der Waals surface area contributed by atoms with Gasteiger partial charge in [-0.15, -0.1) is 0 Å². The van der Waals surface area contributed by atoms with Gasteiger partial charge in [0.05, 0.1) is 0 Å². The summed E-state index contributed by atoms with van der Waals surface area (Å²) in [6.45, 7) is 6.80. The van der Waals surface area contributed by atoms with Crippen molar-refractivity contribution in [2.75, 3.05) is 24.6 Å². The molecule has 0 radical (unpaired) electrons. The van der Waals surface area contributed by atoms with Crippen LogP contribution in [0.4, 0.5) is 4.79 Å². The van der Waals surface area contributed by atoms with Crippen LogP contribution in [0.3, 0.4) is 0 Å². The Balaban J connectivity index is 1.95. The van der Waals surface area contributed by atoms with Crippen LogP contribution in [-0.4, -0.2) is 65.1 Å². The minimum absolute atomic E-state index is 0.0411. The number of hydrogen-bond acceptors (Lipinski definition) is 5. The quantitative estimate of drug-likeness (QED) is 0.256. The van der Waals surface area contributed by atoms with Crippen molar-refractivity contribution >= 4 is 29.7 Å². The number of guanidine groups is 1. The lowest BCUT2D eigenvalue weighted by molar-refractivity contribution is -0.133. The number of nitrogens with zero attached hydrogens (tertiary/aromatic N) is 2. The minimum atomic E-state index is -0.660. The number of rotatable bonds is 11. The van der Waals surface area contributed by atoms with Crippen LogP contribution in [-0.2, 0) is 16.0 Å². The van der Waals surface area contributed by atoms with Crippen LogP contribution < -0.4 is 16.8 Å². The number of amides is 2. The Morgan fingerprint density at radius 3 is 2.64 bits per heavy atom. The molecule has 0 bridgehead atoms. The maximum absolute atomic E-state index is 13.5. The van der Waals surface area contributed by atoms with Gasteiger partial charge >= 0.3 is 6.09 Å². The molecule has 0 saturated carbocycles. The second kappa shape index (κ2) is 13.3. The van der Waals surface area contributed by atoms with E-state index in [9.17, 15) is 9.59 Å². The zero-order valence-corrected chi connectivity index (χ0v) is 20.9. The largest absolute Gasteiger partial charge is 0.444 e. The van der Waals surface area contributed by atoms with Crippen molar-refractivity contribution in [2.24, 2.45) is 16.5 Å². The van der Waals surface area contributed by atoms with Crippen LogP contribution in [0.25, 0.3) is 0 Å². The maximum Gasteiger partial charge on any atom is 0.408 e. The van der Waals surface area contributed by atoms with E-state index >= 15 is 0 Å². The van der Waals surface area contributed by atoms with Gasteiger partial charge in [0.25, 0.3) is 0 Å². The van der Waals surface area contributed by atoms with Crippen molar-refractivity contribution in [3.63, 3.8) is 0 Å². The lowest BCUT2D eigenvalue weighted by Crippen LogP contribution is -2.52. The van der Waals surface area contributed by atoms with Gasteiger partial charge in [-0.05, 0) is 57.8 Å². The zero-order chi connectivity index (χ0) is 24.3. The van der Waals surface area contributed by atoms with E-state index < -0.39 is 17.7 Å². The van der Waals surface area contributed by atoms with Gasteiger partial charge < -0.3 is 26.4 Å². The standard InChI is InChI=1S/C24H39N5O3S/c1-24(2,3)32-23(31)28-20(16-18-10-5-4-6-11-18)21(30)29-14-9-12-19(29)17-33-15-8-7-13-27-22(25)26/h4-6,10-11,19-20H,7-9,12-17H2,1-3H3,(H,28,31)(H4,25,26,27)/t19-,20-/m0/s1. The normalized spacial score (nSPS) is 16.8. The van der Waals surface area contributed by atoms with Crippen molar-refractivity contribution in [3.8, 4) is 0 Å². The molecule has 1 heterocycles. The van der Waals surface area contributed by atoms with Crippen LogP contribution >= 0.6 is 11.8 Å². The van der Waals surface area contributed by atoms with E-state index in [1.165, 1.54) is 0 Å². The van der Waals surface area contributed by atoms with Gasteiger partial charge in [-0.3, -0.25) is 9.79 Å². The van der Waals surface area contributed by atoms with Crippen LogP contribution in [0.5, 0.6) is 0 Å². The lowest BCUT2D eigenvalue weighted by atomic mass is 10.0. The molecule has 2 amide bonds. The molecule has 1 aliphatic rings. The summed E-state index contributed by atoms with van der Waals surface area (Å²) in [4.78, 5) is 31.9. The number of aliphatic imine (C=N–C) groups is 1. The number of carbonyl (C=O) groups excluding carboxylic acids is 2. The maximum atomic E-state index is 13.5. The van der Waals surface area contributed by atoms with Gasteiger partial charge in [-0.25, -0.2) is 4.79 Å². The van der Waals surface area contributed by atoms with Crippen LogP contribution in [0.1, 0.15) is 52.0 Å². The number of ether oxygens (including phenoxy) is 1. The Kier molecular flexibility index (Phi) is 10.8. The Morgan fingerprint density at radius 1 is 1.24 bits per heavy atom. The van der Waals surface area contributed by atoms with E-state index in [0.29, 0.717) is 13.0 Å². The van der Waals surface area contributed by atoms with Crippen molar-refractivity contribution < 1.29 is 14.3 Å². The summed E-state index contributed by atoms with van der Waals surface area (Å²) >= 11 is 1.85. The number of nitrogens with one attached hydrogen (secondary N) is 1. The number of carbonyl (C=O) groups is 2. The molecule has 0 aliphatic carbocycles. The summed E-state index contributed by atoms with van der Waals surface area (Å²) in [6, 6.07) is 9.27. The molecule has 33 heavy (non-hydrogen) atoms. The number of unbranched alkanes of at least 4 members (excludes halogenated alkanes) is 1. The van der Waals surface area contributed by atoms with E-state index in [-0.39, 0.29) is 17.9 Å². The molecule has 1 fully saturated rings. The molecular formula is C24H39N5O3S. The first kappa shape index (κ1) is 26.8. The molecule has 1 aromatic carbocycles. The third kappa shape index (κ3) is 10.4. The highest BCUT2D eigenvalue weighted by Gasteiger charge is 2.34. The van der Waals surface area contributed by atoms with E-state index in [1.54, 1.807) is 0 Å². The summed E-state index contributed by atoms with van der Waals surface area (Å²) in [5.41, 5.74) is 11.1. The summed E-state index contributed by atoms with van der Waals surface area (Å²) in [6.07, 6.45) is 3.79. The zero-order valence-electron chi connectivity index (χ0n) is 20.1. The number of thioether (sulfide) groups is 1. The van der Waals surface area contributed by atoms with E-state index in [1.807, 2.05) is 67.8 Å². The molecule has 1 aromatic rings. The second-order valence-electron chi connectivity index (χ2n) is 9.30. The summed E-state index contributed by atoms with van der Waals surface area (Å²) in [5, 5.41) is 2.83. The molecule has 9 heteroatoms. The number of hydrogen-bond donors (Lipinski definition) is 3. The summed E-state index contributed by atoms with van der Waals surface area (Å²) in [5.74, 6) is 1.98. The first-order valence-electron chi connectivity index (χ1n) is 11.6. The fraction of sp³-hybridized carbons (Fsp3) is 0.625. The average Bonchev–Trinajstić information content (AvgIpc) is 3.19. The van der Waals surface area contributed by atoms with Gasteiger partial charge in [-0.2, -0.15) is 11.8 Å². The predicted molar refractivity (Wildman–Crippen MR) is 135 cm³/mol.